The van der Waals surface area contributed by atoms with Gasteiger partial charge in [0.05, 0.1) is 24.0 Å². The SMILES string of the molecule is COc1ccc2c(c1)N[C@]1(CCCN(CCCC(c3ccc(F)cc3)c3ccc(F)cc3)C1)c1cccn1-2. The summed E-state index contributed by atoms with van der Waals surface area (Å²) < 4.78 is 35.1. The van der Waals surface area contributed by atoms with Gasteiger partial charge in [-0.15, -0.1) is 0 Å². The van der Waals surface area contributed by atoms with Gasteiger partial charge in [0, 0.05) is 30.4 Å². The van der Waals surface area contributed by atoms with E-state index in [0.717, 1.165) is 73.6 Å². The van der Waals surface area contributed by atoms with Crippen LogP contribution in [-0.2, 0) is 5.54 Å². The minimum Gasteiger partial charge on any atom is -0.497 e. The normalized spacial score (nSPS) is 18.7. The van der Waals surface area contributed by atoms with Crippen LogP contribution in [0.2, 0.25) is 0 Å². The van der Waals surface area contributed by atoms with Crippen molar-refractivity contribution < 1.29 is 13.5 Å². The van der Waals surface area contributed by atoms with Crippen molar-refractivity contribution in [3.63, 3.8) is 0 Å². The predicted octanol–water partition coefficient (Wildman–Crippen LogP) is 7.09. The van der Waals surface area contributed by atoms with E-state index in [2.05, 4.69) is 45.2 Å². The third kappa shape index (κ3) is 4.69. The van der Waals surface area contributed by atoms with E-state index >= 15 is 0 Å². The van der Waals surface area contributed by atoms with Gasteiger partial charge in [0.1, 0.15) is 17.4 Å². The molecule has 1 fully saturated rings. The molecule has 1 N–H and O–H groups in total. The highest BCUT2D eigenvalue weighted by atomic mass is 19.1. The highest BCUT2D eigenvalue weighted by molar-refractivity contribution is 5.69. The van der Waals surface area contributed by atoms with Gasteiger partial charge in [0.15, 0.2) is 0 Å². The molecule has 1 saturated heterocycles. The number of nitrogens with one attached hydrogen (secondary N) is 1. The minimum absolute atomic E-state index is 0.0966. The summed E-state index contributed by atoms with van der Waals surface area (Å²) in [5.41, 5.74) is 5.51. The molecule has 6 heteroatoms. The third-order valence-electron chi connectivity index (χ3n) is 8.16. The molecule has 0 radical (unpaired) electrons. The highest BCUT2D eigenvalue weighted by Gasteiger charge is 2.42. The van der Waals surface area contributed by atoms with Crippen LogP contribution in [0.4, 0.5) is 14.5 Å². The number of benzene rings is 3. The molecule has 2 aliphatic heterocycles. The van der Waals surface area contributed by atoms with E-state index in [4.69, 9.17) is 4.74 Å². The van der Waals surface area contributed by atoms with Gasteiger partial charge >= 0.3 is 0 Å². The van der Waals surface area contributed by atoms with Gasteiger partial charge in [0.2, 0.25) is 0 Å². The number of methoxy groups -OCH3 is 1. The number of nitrogens with zero attached hydrogens (tertiary/aromatic N) is 2. The lowest BCUT2D eigenvalue weighted by Gasteiger charge is -2.47. The second-order valence-electron chi connectivity index (χ2n) is 10.5. The van der Waals surface area contributed by atoms with Crippen molar-refractivity contribution in [2.24, 2.45) is 0 Å². The number of hydrogen-bond acceptors (Lipinski definition) is 3. The lowest BCUT2D eigenvalue weighted by atomic mass is 9.83. The van der Waals surface area contributed by atoms with E-state index in [1.165, 1.54) is 30.0 Å². The summed E-state index contributed by atoms with van der Waals surface area (Å²) >= 11 is 0. The minimum atomic E-state index is -0.242. The summed E-state index contributed by atoms with van der Waals surface area (Å²) in [6, 6.07) is 24.0. The number of aromatic nitrogens is 1. The summed E-state index contributed by atoms with van der Waals surface area (Å²) in [5.74, 6) is 0.463. The monoisotopic (exact) mass is 513 g/mol. The van der Waals surface area contributed by atoms with Crippen LogP contribution in [0.25, 0.3) is 5.69 Å². The summed E-state index contributed by atoms with van der Waals surface area (Å²) in [6.07, 6.45) is 6.22. The van der Waals surface area contributed by atoms with Crippen molar-refractivity contribution in [3.05, 3.63) is 114 Å². The summed E-state index contributed by atoms with van der Waals surface area (Å²) in [5, 5.41) is 3.91. The number of likely N-dealkylation sites (tertiary alicyclic amines) is 1. The van der Waals surface area contributed by atoms with Crippen LogP contribution < -0.4 is 10.1 Å². The van der Waals surface area contributed by atoms with Crippen molar-refractivity contribution in [1.29, 1.82) is 0 Å². The third-order valence-corrected chi connectivity index (χ3v) is 8.16. The number of halogens is 2. The Kier molecular flexibility index (Phi) is 6.66. The summed E-state index contributed by atoms with van der Waals surface area (Å²) in [7, 11) is 1.70. The number of rotatable bonds is 7. The zero-order chi connectivity index (χ0) is 26.1. The Morgan fingerprint density at radius 3 is 2.34 bits per heavy atom. The maximum absolute atomic E-state index is 13.6. The van der Waals surface area contributed by atoms with Gasteiger partial charge in [-0.2, -0.15) is 0 Å². The van der Waals surface area contributed by atoms with Crippen molar-refractivity contribution in [2.45, 2.75) is 37.1 Å². The van der Waals surface area contributed by atoms with Crippen molar-refractivity contribution in [3.8, 4) is 11.4 Å². The Morgan fingerprint density at radius 1 is 0.947 bits per heavy atom. The molecule has 1 aromatic heterocycles. The molecule has 1 spiro atoms. The smallest absolute Gasteiger partial charge is 0.123 e. The Labute approximate surface area is 222 Å². The molecule has 6 rings (SSSR count). The molecule has 3 heterocycles. The van der Waals surface area contributed by atoms with E-state index < -0.39 is 0 Å². The summed E-state index contributed by atoms with van der Waals surface area (Å²) in [6.45, 7) is 2.95. The topological polar surface area (TPSA) is 29.4 Å². The Bertz CT molecular complexity index is 1350. The molecular formula is C32H33F2N3O. The largest absolute Gasteiger partial charge is 0.497 e. The number of anilines is 1. The van der Waals surface area contributed by atoms with Crippen molar-refractivity contribution in [1.82, 2.24) is 9.47 Å². The lowest BCUT2D eigenvalue weighted by molar-refractivity contribution is 0.154. The molecule has 1 atom stereocenters. The fraction of sp³-hybridized carbons (Fsp3) is 0.312. The van der Waals surface area contributed by atoms with Gasteiger partial charge < -0.3 is 19.5 Å². The van der Waals surface area contributed by atoms with Crippen LogP contribution in [0.5, 0.6) is 5.75 Å². The zero-order valence-electron chi connectivity index (χ0n) is 21.7. The number of fused-ring (bicyclic) bond motifs is 4. The number of ether oxygens (including phenoxy) is 1. The zero-order valence-corrected chi connectivity index (χ0v) is 21.7. The van der Waals surface area contributed by atoms with Crippen LogP contribution in [0, 0.1) is 11.6 Å². The van der Waals surface area contributed by atoms with Gasteiger partial charge in [-0.3, -0.25) is 0 Å². The molecular weight excluding hydrogens is 480 g/mol. The summed E-state index contributed by atoms with van der Waals surface area (Å²) in [4.78, 5) is 2.56. The van der Waals surface area contributed by atoms with E-state index in [0.29, 0.717) is 0 Å². The van der Waals surface area contributed by atoms with Crippen LogP contribution in [0.1, 0.15) is 48.4 Å². The molecule has 0 bridgehead atoms. The molecule has 0 amide bonds. The second kappa shape index (κ2) is 10.3. The number of hydrogen-bond donors (Lipinski definition) is 1. The van der Waals surface area contributed by atoms with E-state index in [9.17, 15) is 8.78 Å². The molecule has 0 unspecified atom stereocenters. The van der Waals surface area contributed by atoms with Crippen LogP contribution >= 0.6 is 0 Å². The Morgan fingerprint density at radius 2 is 1.66 bits per heavy atom. The number of piperidine rings is 1. The van der Waals surface area contributed by atoms with Crippen LogP contribution in [0.3, 0.4) is 0 Å². The Hall–Kier alpha value is -3.64. The average Bonchev–Trinajstić information content (AvgIpc) is 3.44. The fourth-order valence-electron chi connectivity index (χ4n) is 6.34. The predicted molar refractivity (Wildman–Crippen MR) is 147 cm³/mol. The molecule has 196 valence electrons. The highest BCUT2D eigenvalue weighted by Crippen LogP contribution is 2.43. The van der Waals surface area contributed by atoms with Crippen molar-refractivity contribution >= 4 is 5.69 Å². The average molecular weight is 514 g/mol. The van der Waals surface area contributed by atoms with Gasteiger partial charge in [-0.1, -0.05) is 24.3 Å². The van der Waals surface area contributed by atoms with Gasteiger partial charge in [-0.05, 0) is 98.4 Å². The molecule has 4 aromatic rings. The maximum atomic E-state index is 13.6. The maximum Gasteiger partial charge on any atom is 0.123 e. The first-order chi connectivity index (χ1) is 18.5. The van der Waals surface area contributed by atoms with Gasteiger partial charge in [0.25, 0.3) is 0 Å². The Balaban J connectivity index is 1.19. The van der Waals surface area contributed by atoms with Crippen LogP contribution in [-0.4, -0.2) is 36.2 Å². The first-order valence-corrected chi connectivity index (χ1v) is 13.4. The van der Waals surface area contributed by atoms with E-state index in [-0.39, 0.29) is 23.1 Å². The molecule has 3 aromatic carbocycles. The molecule has 4 nitrogen and oxygen atoms in total. The van der Waals surface area contributed by atoms with E-state index in [1.807, 2.05) is 30.3 Å². The van der Waals surface area contributed by atoms with E-state index in [1.54, 1.807) is 7.11 Å². The fourth-order valence-corrected chi connectivity index (χ4v) is 6.34. The molecule has 0 saturated carbocycles. The first kappa shape index (κ1) is 24.7. The quantitative estimate of drug-likeness (QED) is 0.286. The molecule has 2 aliphatic rings. The molecule has 0 aliphatic carbocycles. The lowest BCUT2D eigenvalue weighted by Crippen LogP contribution is -2.53. The standard InChI is InChI=1S/C32H33F2N3O/c1-38-27-15-16-30-29(21-27)35-32(31-6-3-20-37(30)31)17-4-19-36(22-32)18-2-5-28(23-7-11-25(33)12-8-23)24-9-13-26(34)14-10-24/h3,6-16,20-21,28,35H,2,4-5,17-19,22H2,1H3/t32-/m0/s1. The first-order valence-electron chi connectivity index (χ1n) is 13.4. The second-order valence-corrected chi connectivity index (χ2v) is 10.5. The van der Waals surface area contributed by atoms with Gasteiger partial charge in [-0.25, -0.2) is 8.78 Å². The van der Waals surface area contributed by atoms with Crippen LogP contribution in [0.15, 0.2) is 85.1 Å². The molecule has 38 heavy (non-hydrogen) atoms. The van der Waals surface area contributed by atoms with Crippen molar-refractivity contribution in [2.75, 3.05) is 32.1 Å².